The summed E-state index contributed by atoms with van der Waals surface area (Å²) in [6.45, 7) is 0. The molecule has 2 N–H and O–H groups in total. The molecule has 0 saturated carbocycles. The zero-order valence-corrected chi connectivity index (χ0v) is 14.7. The average Bonchev–Trinajstić information content (AvgIpc) is 3.09. The van der Waals surface area contributed by atoms with Crippen LogP contribution < -0.4 is 10.6 Å². The van der Waals surface area contributed by atoms with Crippen molar-refractivity contribution in [1.29, 1.82) is 0 Å². The molecular weight excluding hydrogens is 368 g/mol. The van der Waals surface area contributed by atoms with Gasteiger partial charge in [-0.15, -0.1) is 11.3 Å². The second kappa shape index (κ2) is 8.19. The van der Waals surface area contributed by atoms with E-state index in [-0.39, 0.29) is 23.9 Å². The number of rotatable bonds is 6. The monoisotopic (exact) mass is 382 g/mol. The Morgan fingerprint density at radius 3 is 2.59 bits per heavy atom. The Morgan fingerprint density at radius 2 is 1.85 bits per heavy atom. The van der Waals surface area contributed by atoms with Gasteiger partial charge in [-0.3, -0.25) is 25.0 Å². The van der Waals surface area contributed by atoms with Gasteiger partial charge in [0.1, 0.15) is 0 Å². The number of hydrogen-bond acceptors (Lipinski definition) is 6. The molecule has 0 aliphatic carbocycles. The maximum Gasteiger partial charge on any atom is 0.271 e. The van der Waals surface area contributed by atoms with Crippen molar-refractivity contribution in [3.63, 3.8) is 0 Å². The van der Waals surface area contributed by atoms with E-state index in [0.29, 0.717) is 22.1 Å². The minimum Gasteiger partial charge on any atom is -0.325 e. The van der Waals surface area contributed by atoms with Gasteiger partial charge in [0.25, 0.3) is 11.6 Å². The number of amides is 2. The summed E-state index contributed by atoms with van der Waals surface area (Å²) in [7, 11) is 0. The van der Waals surface area contributed by atoms with Crippen LogP contribution in [0.1, 0.15) is 16.1 Å². The van der Waals surface area contributed by atoms with Crippen molar-refractivity contribution < 1.29 is 14.5 Å². The second-order valence-corrected chi connectivity index (χ2v) is 6.35. The van der Waals surface area contributed by atoms with Gasteiger partial charge < -0.3 is 5.32 Å². The fraction of sp³-hybridized carbons (Fsp3) is 0.0556. The molecule has 8 nitrogen and oxygen atoms in total. The lowest BCUT2D eigenvalue weighted by Gasteiger charge is -2.04. The number of aromatic nitrogens is 1. The van der Waals surface area contributed by atoms with E-state index in [2.05, 4.69) is 15.6 Å². The van der Waals surface area contributed by atoms with Gasteiger partial charge in [-0.1, -0.05) is 24.3 Å². The van der Waals surface area contributed by atoms with Crippen molar-refractivity contribution in [1.82, 2.24) is 4.98 Å². The third-order valence-corrected chi connectivity index (χ3v) is 4.30. The van der Waals surface area contributed by atoms with Crippen LogP contribution in [0.25, 0.3) is 0 Å². The van der Waals surface area contributed by atoms with Crippen LogP contribution in [0.3, 0.4) is 0 Å². The maximum atomic E-state index is 12.1. The van der Waals surface area contributed by atoms with E-state index in [0.717, 1.165) is 0 Å². The summed E-state index contributed by atoms with van der Waals surface area (Å²) >= 11 is 1.21. The molecule has 136 valence electrons. The van der Waals surface area contributed by atoms with Gasteiger partial charge in [-0.2, -0.15) is 0 Å². The first kappa shape index (κ1) is 18.2. The Kier molecular flexibility index (Phi) is 5.53. The number of hydrogen-bond donors (Lipinski definition) is 2. The van der Waals surface area contributed by atoms with Crippen LogP contribution in [0.5, 0.6) is 0 Å². The summed E-state index contributed by atoms with van der Waals surface area (Å²) in [6.07, 6.45) is -0.0135. The maximum absolute atomic E-state index is 12.1. The van der Waals surface area contributed by atoms with Gasteiger partial charge in [0.2, 0.25) is 5.91 Å². The van der Waals surface area contributed by atoms with E-state index >= 15 is 0 Å². The number of nitro benzene ring substituents is 1. The molecule has 0 bridgehead atoms. The number of nitrogens with zero attached hydrogens (tertiary/aromatic N) is 2. The summed E-state index contributed by atoms with van der Waals surface area (Å²) in [4.78, 5) is 38.7. The molecule has 27 heavy (non-hydrogen) atoms. The molecular formula is C18H14N4O4S. The van der Waals surface area contributed by atoms with Gasteiger partial charge in [0.05, 0.1) is 17.0 Å². The normalized spacial score (nSPS) is 10.2. The highest BCUT2D eigenvalue weighted by Gasteiger charge is 2.12. The molecule has 1 aromatic heterocycles. The highest BCUT2D eigenvalue weighted by Crippen LogP contribution is 2.19. The van der Waals surface area contributed by atoms with Crippen molar-refractivity contribution in [3.05, 3.63) is 81.3 Å². The van der Waals surface area contributed by atoms with E-state index in [1.165, 1.54) is 29.5 Å². The van der Waals surface area contributed by atoms with Gasteiger partial charge in [-0.25, -0.2) is 4.98 Å². The van der Waals surface area contributed by atoms with Crippen molar-refractivity contribution in [2.24, 2.45) is 0 Å². The lowest BCUT2D eigenvalue weighted by Crippen LogP contribution is -2.15. The minimum atomic E-state index is -0.530. The SMILES string of the molecule is O=C(Cc1csc(NC(=O)c2ccccc2)n1)Nc1cccc([N+](=O)[O-])c1. The summed E-state index contributed by atoms with van der Waals surface area (Å²) in [6, 6.07) is 14.4. The molecule has 3 rings (SSSR count). The largest absolute Gasteiger partial charge is 0.325 e. The molecule has 0 spiro atoms. The molecule has 0 atom stereocenters. The van der Waals surface area contributed by atoms with Crippen LogP contribution >= 0.6 is 11.3 Å². The molecule has 2 aromatic carbocycles. The Balaban J connectivity index is 1.59. The third kappa shape index (κ3) is 4.95. The van der Waals surface area contributed by atoms with E-state index < -0.39 is 4.92 Å². The van der Waals surface area contributed by atoms with Crippen molar-refractivity contribution in [3.8, 4) is 0 Å². The van der Waals surface area contributed by atoms with E-state index in [4.69, 9.17) is 0 Å². The highest BCUT2D eigenvalue weighted by atomic mass is 32.1. The number of anilines is 2. The lowest BCUT2D eigenvalue weighted by molar-refractivity contribution is -0.384. The standard InChI is InChI=1S/C18H14N4O4S/c23-16(19-13-7-4-8-15(9-13)22(25)26)10-14-11-27-18(20-14)21-17(24)12-5-2-1-3-6-12/h1-9,11H,10H2,(H,19,23)(H,20,21,24). The fourth-order valence-corrected chi connectivity index (χ4v) is 2.98. The number of non-ortho nitro benzene ring substituents is 1. The zero-order chi connectivity index (χ0) is 19.2. The molecule has 0 fully saturated rings. The molecule has 0 unspecified atom stereocenters. The van der Waals surface area contributed by atoms with E-state index in [1.807, 2.05) is 6.07 Å². The van der Waals surface area contributed by atoms with Gasteiger partial charge >= 0.3 is 0 Å². The van der Waals surface area contributed by atoms with Crippen LogP contribution in [0.15, 0.2) is 60.0 Å². The van der Waals surface area contributed by atoms with Gasteiger partial charge in [0.15, 0.2) is 5.13 Å². The van der Waals surface area contributed by atoms with E-state index in [9.17, 15) is 19.7 Å². The fourth-order valence-electron chi connectivity index (χ4n) is 2.27. The van der Waals surface area contributed by atoms with Gasteiger partial charge in [0, 0.05) is 28.8 Å². The average molecular weight is 382 g/mol. The first-order valence-corrected chi connectivity index (χ1v) is 8.74. The van der Waals surface area contributed by atoms with Gasteiger partial charge in [-0.05, 0) is 18.2 Å². The topological polar surface area (TPSA) is 114 Å². The molecule has 9 heteroatoms. The molecule has 3 aromatic rings. The Bertz CT molecular complexity index is 988. The van der Waals surface area contributed by atoms with Crippen molar-refractivity contribution >= 4 is 39.7 Å². The lowest BCUT2D eigenvalue weighted by atomic mass is 10.2. The number of benzene rings is 2. The number of nitrogens with one attached hydrogen (secondary N) is 2. The van der Waals surface area contributed by atoms with Crippen molar-refractivity contribution in [2.75, 3.05) is 10.6 Å². The molecule has 2 amide bonds. The Labute approximate surface area is 158 Å². The first-order valence-electron chi connectivity index (χ1n) is 7.86. The second-order valence-electron chi connectivity index (χ2n) is 5.50. The van der Waals surface area contributed by atoms with E-state index in [1.54, 1.807) is 35.7 Å². The predicted octanol–water partition coefficient (Wildman–Crippen LogP) is 3.48. The Morgan fingerprint density at radius 1 is 1.07 bits per heavy atom. The number of carbonyl (C=O) groups is 2. The molecule has 0 aliphatic heterocycles. The Hall–Kier alpha value is -3.59. The summed E-state index contributed by atoms with van der Waals surface area (Å²) < 4.78 is 0. The predicted molar refractivity (Wildman–Crippen MR) is 102 cm³/mol. The van der Waals surface area contributed by atoms with Crippen LogP contribution in [0.4, 0.5) is 16.5 Å². The quantitative estimate of drug-likeness (QED) is 0.500. The number of carbonyl (C=O) groups excluding carboxylic acids is 2. The molecule has 0 aliphatic rings. The summed E-state index contributed by atoms with van der Waals surface area (Å²) in [5.41, 5.74) is 1.23. The zero-order valence-electron chi connectivity index (χ0n) is 13.9. The minimum absolute atomic E-state index is 0.0135. The summed E-state index contributed by atoms with van der Waals surface area (Å²) in [5.74, 6) is -0.640. The van der Waals surface area contributed by atoms with Crippen LogP contribution in [0.2, 0.25) is 0 Å². The van der Waals surface area contributed by atoms with Crippen LogP contribution in [0, 0.1) is 10.1 Å². The molecule has 0 saturated heterocycles. The van der Waals surface area contributed by atoms with Crippen LogP contribution in [-0.4, -0.2) is 21.7 Å². The number of thiazole rings is 1. The number of nitro groups is 1. The molecule has 0 radical (unpaired) electrons. The highest BCUT2D eigenvalue weighted by molar-refractivity contribution is 7.14. The van der Waals surface area contributed by atoms with Crippen molar-refractivity contribution in [2.45, 2.75) is 6.42 Å². The third-order valence-electron chi connectivity index (χ3n) is 3.49. The summed E-state index contributed by atoms with van der Waals surface area (Å²) in [5, 5.41) is 18.1. The van der Waals surface area contributed by atoms with Crippen LogP contribution in [-0.2, 0) is 11.2 Å². The molecule has 1 heterocycles. The smallest absolute Gasteiger partial charge is 0.271 e. The first-order chi connectivity index (χ1) is 13.0.